The largest absolute Gasteiger partial charge is 0.493 e. The molecular formula is C31H37N5O4. The number of aryl methyl sites for hydroxylation is 2. The van der Waals surface area contributed by atoms with Crippen LogP contribution in [0.15, 0.2) is 60.7 Å². The first kappa shape index (κ1) is 28.6. The highest BCUT2D eigenvalue weighted by Crippen LogP contribution is 2.36. The van der Waals surface area contributed by atoms with Crippen molar-refractivity contribution in [3.63, 3.8) is 0 Å². The van der Waals surface area contributed by atoms with Crippen molar-refractivity contribution in [2.24, 2.45) is 0 Å². The molecule has 9 nitrogen and oxygen atoms in total. The minimum Gasteiger partial charge on any atom is -0.493 e. The zero-order valence-corrected chi connectivity index (χ0v) is 24.2. The van der Waals surface area contributed by atoms with E-state index in [1.165, 1.54) is 0 Å². The molecule has 40 heavy (non-hydrogen) atoms. The van der Waals surface area contributed by atoms with Crippen molar-refractivity contribution in [1.82, 2.24) is 20.3 Å². The Balaban J connectivity index is 1.89. The predicted octanol–water partition coefficient (Wildman–Crippen LogP) is 5.14. The zero-order valence-electron chi connectivity index (χ0n) is 24.2. The number of carbonyl (C=O) groups excluding carboxylic acids is 2. The number of rotatable bonds is 9. The summed E-state index contributed by atoms with van der Waals surface area (Å²) >= 11 is 0. The van der Waals surface area contributed by atoms with E-state index >= 15 is 0 Å². The van der Waals surface area contributed by atoms with Crippen LogP contribution in [0, 0.1) is 13.8 Å². The molecule has 0 saturated heterocycles. The van der Waals surface area contributed by atoms with Gasteiger partial charge in [0.2, 0.25) is 11.8 Å². The van der Waals surface area contributed by atoms with Gasteiger partial charge >= 0.3 is 0 Å². The molecular weight excluding hydrogens is 506 g/mol. The standard InChI is InChI=1S/C31H37N5O4/c1-8-40-26-14-13-22(18-27(26)39-7)29(30(38)32-31(4,5)6)36(23-16-20(2)15-21(3)17-23)28(37)19-35-25-12-10-9-11-24(25)33-34-35/h9-18,29H,8,19H2,1-7H3,(H,32,38)/t29-/m1/s1. The van der Waals surface area contributed by atoms with Crippen LogP contribution in [0.2, 0.25) is 0 Å². The molecule has 0 aliphatic carbocycles. The number of nitrogens with one attached hydrogen (secondary N) is 1. The van der Waals surface area contributed by atoms with Gasteiger partial charge in [0.15, 0.2) is 11.5 Å². The Bertz CT molecular complexity index is 1500. The van der Waals surface area contributed by atoms with Crippen LogP contribution in [0.25, 0.3) is 11.0 Å². The third-order valence-corrected chi connectivity index (χ3v) is 6.27. The summed E-state index contributed by atoms with van der Waals surface area (Å²) in [5, 5.41) is 11.5. The van der Waals surface area contributed by atoms with E-state index < -0.39 is 11.6 Å². The van der Waals surface area contributed by atoms with Crippen molar-refractivity contribution in [2.75, 3.05) is 18.6 Å². The smallest absolute Gasteiger partial charge is 0.249 e. The fourth-order valence-electron chi connectivity index (χ4n) is 4.75. The van der Waals surface area contributed by atoms with E-state index in [0.29, 0.717) is 34.9 Å². The first-order chi connectivity index (χ1) is 19.0. The van der Waals surface area contributed by atoms with Gasteiger partial charge in [-0.3, -0.25) is 14.5 Å². The molecule has 1 aromatic heterocycles. The summed E-state index contributed by atoms with van der Waals surface area (Å²) in [6.07, 6.45) is 0. The lowest BCUT2D eigenvalue weighted by Crippen LogP contribution is -2.50. The van der Waals surface area contributed by atoms with Crippen molar-refractivity contribution in [3.05, 3.63) is 77.4 Å². The molecule has 0 saturated carbocycles. The third kappa shape index (κ3) is 6.42. The van der Waals surface area contributed by atoms with E-state index in [9.17, 15) is 9.59 Å². The molecule has 0 unspecified atom stereocenters. The normalized spacial score (nSPS) is 12.2. The highest BCUT2D eigenvalue weighted by atomic mass is 16.5. The fourth-order valence-corrected chi connectivity index (χ4v) is 4.75. The molecule has 4 rings (SSSR count). The second kappa shape index (κ2) is 11.8. The number of hydrogen-bond donors (Lipinski definition) is 1. The van der Waals surface area contributed by atoms with Crippen LogP contribution >= 0.6 is 0 Å². The molecule has 0 aliphatic rings. The molecule has 9 heteroatoms. The van der Waals surface area contributed by atoms with E-state index in [0.717, 1.165) is 16.6 Å². The number of hydrogen-bond acceptors (Lipinski definition) is 6. The van der Waals surface area contributed by atoms with Crippen LogP contribution in [0.3, 0.4) is 0 Å². The topological polar surface area (TPSA) is 98.6 Å². The molecule has 3 aromatic carbocycles. The van der Waals surface area contributed by atoms with Crippen LogP contribution in [0.4, 0.5) is 5.69 Å². The summed E-state index contributed by atoms with van der Waals surface area (Å²) in [4.78, 5) is 29.9. The molecule has 210 valence electrons. The van der Waals surface area contributed by atoms with E-state index in [-0.39, 0.29) is 18.4 Å². The Morgan fingerprint density at radius 3 is 2.35 bits per heavy atom. The molecule has 0 bridgehead atoms. The summed E-state index contributed by atoms with van der Waals surface area (Å²) < 4.78 is 12.9. The number of nitrogens with zero attached hydrogens (tertiary/aromatic N) is 4. The number of aromatic nitrogens is 3. The molecule has 0 aliphatic heterocycles. The maximum Gasteiger partial charge on any atom is 0.249 e. The monoisotopic (exact) mass is 543 g/mol. The van der Waals surface area contributed by atoms with Crippen LogP contribution < -0.4 is 19.7 Å². The zero-order chi connectivity index (χ0) is 29.0. The second-order valence-corrected chi connectivity index (χ2v) is 10.8. The molecule has 2 amide bonds. The van der Waals surface area contributed by atoms with Crippen molar-refractivity contribution in [2.45, 2.75) is 59.7 Å². The van der Waals surface area contributed by atoms with Gasteiger partial charge < -0.3 is 14.8 Å². The summed E-state index contributed by atoms with van der Waals surface area (Å²) in [7, 11) is 1.55. The van der Waals surface area contributed by atoms with Gasteiger partial charge in [-0.05, 0) is 94.6 Å². The van der Waals surface area contributed by atoms with Gasteiger partial charge in [-0.1, -0.05) is 29.5 Å². The van der Waals surface area contributed by atoms with Gasteiger partial charge in [-0.2, -0.15) is 0 Å². The Hall–Kier alpha value is -4.40. The first-order valence-corrected chi connectivity index (χ1v) is 13.3. The SMILES string of the molecule is CCOc1ccc([C@H](C(=O)NC(C)(C)C)N(C(=O)Cn2nnc3ccccc32)c2cc(C)cc(C)c2)cc1OC. The van der Waals surface area contributed by atoms with Gasteiger partial charge in [0, 0.05) is 11.2 Å². The van der Waals surface area contributed by atoms with Gasteiger partial charge in [0.1, 0.15) is 18.1 Å². The molecule has 1 atom stereocenters. The second-order valence-electron chi connectivity index (χ2n) is 10.8. The van der Waals surface area contributed by atoms with E-state index in [4.69, 9.17) is 9.47 Å². The van der Waals surface area contributed by atoms with Crippen LogP contribution in [0.5, 0.6) is 11.5 Å². The van der Waals surface area contributed by atoms with Gasteiger partial charge in [0.25, 0.3) is 0 Å². The maximum absolute atomic E-state index is 14.3. The number of para-hydroxylation sites is 1. The number of fused-ring (bicyclic) bond motifs is 1. The fraction of sp³-hybridized carbons (Fsp3) is 0.355. The van der Waals surface area contributed by atoms with Gasteiger partial charge in [-0.25, -0.2) is 4.68 Å². The van der Waals surface area contributed by atoms with Crippen molar-refractivity contribution < 1.29 is 19.1 Å². The Morgan fingerprint density at radius 1 is 1.00 bits per heavy atom. The number of amides is 2. The minimum absolute atomic E-state index is 0.110. The van der Waals surface area contributed by atoms with E-state index in [2.05, 4.69) is 15.6 Å². The molecule has 0 spiro atoms. The molecule has 1 N–H and O–H groups in total. The van der Waals surface area contributed by atoms with Crippen molar-refractivity contribution in [1.29, 1.82) is 0 Å². The Kier molecular flexibility index (Phi) is 8.42. The van der Waals surface area contributed by atoms with Gasteiger partial charge in [-0.15, -0.1) is 5.10 Å². The first-order valence-electron chi connectivity index (χ1n) is 13.3. The Labute approximate surface area is 235 Å². The summed E-state index contributed by atoms with van der Waals surface area (Å²) in [5.41, 5.74) is 4.01. The number of carbonyl (C=O) groups is 2. The average molecular weight is 544 g/mol. The number of ether oxygens (including phenoxy) is 2. The highest BCUT2D eigenvalue weighted by Gasteiger charge is 2.35. The lowest BCUT2D eigenvalue weighted by atomic mass is 9.99. The Morgan fingerprint density at radius 2 is 1.70 bits per heavy atom. The third-order valence-electron chi connectivity index (χ3n) is 6.27. The van der Waals surface area contributed by atoms with Crippen LogP contribution in [-0.2, 0) is 16.1 Å². The number of methoxy groups -OCH3 is 1. The van der Waals surface area contributed by atoms with E-state index in [1.54, 1.807) is 34.9 Å². The molecule has 4 aromatic rings. The van der Waals surface area contributed by atoms with Gasteiger partial charge in [0.05, 0.1) is 19.2 Å². The number of benzene rings is 3. The quantitative estimate of drug-likeness (QED) is 0.314. The predicted molar refractivity (Wildman–Crippen MR) is 156 cm³/mol. The minimum atomic E-state index is -1.01. The van der Waals surface area contributed by atoms with Crippen LogP contribution in [-0.4, -0.2) is 46.1 Å². The van der Waals surface area contributed by atoms with E-state index in [1.807, 2.05) is 84.0 Å². The van der Waals surface area contributed by atoms with Crippen LogP contribution in [0.1, 0.15) is 50.4 Å². The van der Waals surface area contributed by atoms with Crippen molar-refractivity contribution >= 4 is 28.5 Å². The summed E-state index contributed by atoms with van der Waals surface area (Å²) in [6, 6.07) is 17.6. The molecule has 1 heterocycles. The lowest BCUT2D eigenvalue weighted by molar-refractivity contribution is -0.128. The molecule has 0 fully saturated rings. The summed E-state index contributed by atoms with van der Waals surface area (Å²) in [6.45, 7) is 11.9. The summed E-state index contributed by atoms with van der Waals surface area (Å²) in [5.74, 6) is 0.391. The lowest BCUT2D eigenvalue weighted by Gasteiger charge is -2.34. The molecule has 0 radical (unpaired) electrons. The highest BCUT2D eigenvalue weighted by molar-refractivity contribution is 6.02. The number of anilines is 1. The van der Waals surface area contributed by atoms with Crippen molar-refractivity contribution in [3.8, 4) is 11.5 Å². The average Bonchev–Trinajstić information content (AvgIpc) is 3.28. The maximum atomic E-state index is 14.3.